The van der Waals surface area contributed by atoms with Gasteiger partial charge >= 0.3 is 5.97 Å². The summed E-state index contributed by atoms with van der Waals surface area (Å²) in [5.74, 6) is -0.218. The normalized spacial score (nSPS) is 13.4. The standard InChI is InChI=1S/C24H29NO3/c1-5-24(4,17-23(2,3)19-10-12-21(26)13-11-19)20-8-6-18(7-9-20)16-28-22(27)14-15-25/h6-13,26H,5,14,16-17H2,1-4H3. The molecule has 0 aliphatic rings. The van der Waals surface area contributed by atoms with Crippen LogP contribution >= 0.6 is 0 Å². The maximum absolute atomic E-state index is 11.3. The van der Waals surface area contributed by atoms with Crippen LogP contribution in [0.2, 0.25) is 0 Å². The average Bonchev–Trinajstić information content (AvgIpc) is 2.67. The topological polar surface area (TPSA) is 70.3 Å². The van der Waals surface area contributed by atoms with Crippen molar-refractivity contribution in [3.05, 3.63) is 65.2 Å². The minimum atomic E-state index is -0.499. The molecule has 1 unspecified atom stereocenters. The third-order valence-electron chi connectivity index (χ3n) is 5.54. The lowest BCUT2D eigenvalue weighted by atomic mass is 9.66. The molecule has 28 heavy (non-hydrogen) atoms. The molecule has 4 nitrogen and oxygen atoms in total. The van der Waals surface area contributed by atoms with Crippen molar-refractivity contribution in [2.45, 2.75) is 64.4 Å². The number of nitrogens with zero attached hydrogens (tertiary/aromatic N) is 1. The van der Waals surface area contributed by atoms with E-state index in [0.29, 0.717) is 0 Å². The van der Waals surface area contributed by atoms with E-state index in [1.54, 1.807) is 18.2 Å². The van der Waals surface area contributed by atoms with Crippen LogP contribution in [0, 0.1) is 11.3 Å². The summed E-state index contributed by atoms with van der Waals surface area (Å²) >= 11 is 0. The van der Waals surface area contributed by atoms with Gasteiger partial charge in [-0.1, -0.05) is 64.1 Å². The highest BCUT2D eigenvalue weighted by atomic mass is 16.5. The monoisotopic (exact) mass is 379 g/mol. The molecule has 0 heterocycles. The lowest BCUT2D eigenvalue weighted by Gasteiger charge is -2.38. The summed E-state index contributed by atoms with van der Waals surface area (Å²) in [5.41, 5.74) is 3.28. The Morgan fingerprint density at radius 1 is 1.04 bits per heavy atom. The van der Waals surface area contributed by atoms with Crippen LogP contribution in [0.5, 0.6) is 5.75 Å². The number of phenols is 1. The smallest absolute Gasteiger partial charge is 0.320 e. The molecule has 0 aliphatic heterocycles. The summed E-state index contributed by atoms with van der Waals surface area (Å²) in [6.07, 6.45) is 1.72. The van der Waals surface area contributed by atoms with Crippen molar-refractivity contribution >= 4 is 5.97 Å². The number of hydrogen-bond acceptors (Lipinski definition) is 4. The van der Waals surface area contributed by atoms with E-state index in [2.05, 4.69) is 39.8 Å². The molecule has 0 spiro atoms. The van der Waals surface area contributed by atoms with Gasteiger partial charge in [-0.3, -0.25) is 4.79 Å². The minimum Gasteiger partial charge on any atom is -0.508 e. The summed E-state index contributed by atoms with van der Waals surface area (Å²) < 4.78 is 5.09. The van der Waals surface area contributed by atoms with E-state index in [9.17, 15) is 9.90 Å². The molecule has 0 aromatic heterocycles. The third-order valence-corrected chi connectivity index (χ3v) is 5.54. The largest absolute Gasteiger partial charge is 0.508 e. The summed E-state index contributed by atoms with van der Waals surface area (Å²) in [4.78, 5) is 11.3. The molecule has 0 saturated heterocycles. The van der Waals surface area contributed by atoms with Gasteiger partial charge in [0.2, 0.25) is 0 Å². The summed E-state index contributed by atoms with van der Waals surface area (Å²) in [6, 6.07) is 17.4. The first-order valence-corrected chi connectivity index (χ1v) is 9.62. The van der Waals surface area contributed by atoms with Crippen molar-refractivity contribution in [1.82, 2.24) is 0 Å². The zero-order valence-electron chi connectivity index (χ0n) is 17.2. The van der Waals surface area contributed by atoms with Gasteiger partial charge in [0.05, 0.1) is 6.07 Å². The summed E-state index contributed by atoms with van der Waals surface area (Å²) in [6.45, 7) is 9.12. The van der Waals surface area contributed by atoms with Gasteiger partial charge in [-0.05, 0) is 52.5 Å². The number of benzene rings is 2. The van der Waals surface area contributed by atoms with Crippen LogP contribution in [0.1, 0.15) is 63.6 Å². The molecule has 0 saturated carbocycles. The van der Waals surface area contributed by atoms with Gasteiger partial charge in [-0.15, -0.1) is 0 Å². The molecule has 1 atom stereocenters. The van der Waals surface area contributed by atoms with Crippen LogP contribution in [0.15, 0.2) is 48.5 Å². The van der Waals surface area contributed by atoms with Gasteiger partial charge in [0.15, 0.2) is 0 Å². The van der Waals surface area contributed by atoms with E-state index in [-0.39, 0.29) is 29.6 Å². The highest BCUT2D eigenvalue weighted by Crippen LogP contribution is 2.41. The van der Waals surface area contributed by atoms with Crippen molar-refractivity contribution < 1.29 is 14.6 Å². The number of carbonyl (C=O) groups is 1. The number of rotatable bonds is 8. The maximum Gasteiger partial charge on any atom is 0.320 e. The first kappa shape index (κ1) is 21.5. The van der Waals surface area contributed by atoms with Gasteiger partial charge in [0, 0.05) is 0 Å². The predicted molar refractivity (Wildman–Crippen MR) is 110 cm³/mol. The second-order valence-corrected chi connectivity index (χ2v) is 8.21. The van der Waals surface area contributed by atoms with Crippen molar-refractivity contribution in [3.8, 4) is 11.8 Å². The summed E-state index contributed by atoms with van der Waals surface area (Å²) in [5, 5.41) is 18.1. The third kappa shape index (κ3) is 5.36. The second-order valence-electron chi connectivity index (χ2n) is 8.21. The first-order chi connectivity index (χ1) is 13.2. The molecular formula is C24H29NO3. The molecule has 0 amide bonds. The molecule has 0 aliphatic carbocycles. The van der Waals surface area contributed by atoms with Gasteiger partial charge in [0.25, 0.3) is 0 Å². The second kappa shape index (κ2) is 8.93. The van der Waals surface area contributed by atoms with E-state index in [0.717, 1.165) is 18.4 Å². The molecule has 0 bridgehead atoms. The van der Waals surface area contributed by atoms with E-state index >= 15 is 0 Å². The van der Waals surface area contributed by atoms with Crippen molar-refractivity contribution in [2.24, 2.45) is 0 Å². The fourth-order valence-electron chi connectivity index (χ4n) is 3.70. The van der Waals surface area contributed by atoms with Crippen molar-refractivity contribution in [1.29, 1.82) is 5.26 Å². The Kier molecular flexibility index (Phi) is 6.85. The Morgan fingerprint density at radius 3 is 2.14 bits per heavy atom. The Bertz CT molecular complexity index is 832. The molecule has 2 aromatic rings. The molecular weight excluding hydrogens is 350 g/mol. The lowest BCUT2D eigenvalue weighted by Crippen LogP contribution is -2.31. The number of aromatic hydroxyl groups is 1. The Morgan fingerprint density at radius 2 is 1.61 bits per heavy atom. The van der Waals surface area contributed by atoms with Crippen LogP contribution in [0.4, 0.5) is 0 Å². The number of nitriles is 1. The minimum absolute atomic E-state index is 0.0165. The van der Waals surface area contributed by atoms with E-state index in [4.69, 9.17) is 10.00 Å². The first-order valence-electron chi connectivity index (χ1n) is 9.62. The number of ether oxygens (including phenoxy) is 1. The fourth-order valence-corrected chi connectivity index (χ4v) is 3.70. The van der Waals surface area contributed by atoms with Gasteiger partial charge < -0.3 is 9.84 Å². The molecule has 1 N–H and O–H groups in total. The summed E-state index contributed by atoms with van der Waals surface area (Å²) in [7, 11) is 0. The van der Waals surface area contributed by atoms with Crippen LogP contribution < -0.4 is 0 Å². The molecule has 0 fully saturated rings. The molecule has 0 radical (unpaired) electrons. The average molecular weight is 380 g/mol. The highest BCUT2D eigenvalue weighted by molar-refractivity contribution is 5.71. The Labute approximate surface area is 167 Å². The Balaban J connectivity index is 2.15. The Hall–Kier alpha value is -2.80. The molecule has 2 rings (SSSR count). The number of hydrogen-bond donors (Lipinski definition) is 1. The maximum atomic E-state index is 11.3. The quantitative estimate of drug-likeness (QED) is 0.625. The molecule has 148 valence electrons. The van der Waals surface area contributed by atoms with Crippen LogP contribution in [0.3, 0.4) is 0 Å². The SMILES string of the molecule is CCC(C)(CC(C)(C)c1ccc(O)cc1)c1ccc(COC(=O)CC#N)cc1. The molecule has 4 heteroatoms. The van der Waals surface area contributed by atoms with Crippen LogP contribution in [0.25, 0.3) is 0 Å². The zero-order valence-corrected chi connectivity index (χ0v) is 17.2. The number of carbonyl (C=O) groups excluding carboxylic acids is 1. The number of esters is 1. The van der Waals surface area contributed by atoms with Crippen LogP contribution in [-0.2, 0) is 27.0 Å². The van der Waals surface area contributed by atoms with E-state index < -0.39 is 5.97 Å². The van der Waals surface area contributed by atoms with Gasteiger partial charge in [-0.25, -0.2) is 0 Å². The van der Waals surface area contributed by atoms with Gasteiger partial charge in [-0.2, -0.15) is 5.26 Å². The predicted octanol–water partition coefficient (Wildman–Crippen LogP) is 5.38. The van der Waals surface area contributed by atoms with E-state index in [1.165, 1.54) is 11.1 Å². The van der Waals surface area contributed by atoms with E-state index in [1.807, 2.05) is 24.3 Å². The van der Waals surface area contributed by atoms with Crippen molar-refractivity contribution in [2.75, 3.05) is 0 Å². The zero-order chi connectivity index (χ0) is 20.8. The number of phenolic OH excluding ortho intramolecular Hbond substituents is 1. The lowest BCUT2D eigenvalue weighted by molar-refractivity contribution is -0.143. The fraction of sp³-hybridized carbons (Fsp3) is 0.417. The van der Waals surface area contributed by atoms with Gasteiger partial charge in [0.1, 0.15) is 18.8 Å². The van der Waals surface area contributed by atoms with Crippen LogP contribution in [-0.4, -0.2) is 11.1 Å². The molecule has 2 aromatic carbocycles. The van der Waals surface area contributed by atoms with Crippen molar-refractivity contribution in [3.63, 3.8) is 0 Å². The highest BCUT2D eigenvalue weighted by Gasteiger charge is 2.33.